The molecule has 0 aromatic heterocycles. The number of halogens is 1. The van der Waals surface area contributed by atoms with Gasteiger partial charge in [-0.05, 0) is 38.5 Å². The summed E-state index contributed by atoms with van der Waals surface area (Å²) in [7, 11) is -3.32. The number of alkyl halides is 1. The summed E-state index contributed by atoms with van der Waals surface area (Å²) in [5.41, 5.74) is 0. The quantitative estimate of drug-likeness (QED) is 0.701. The van der Waals surface area contributed by atoms with E-state index in [0.29, 0.717) is 24.9 Å². The van der Waals surface area contributed by atoms with E-state index in [-0.39, 0.29) is 6.04 Å². The van der Waals surface area contributed by atoms with Crippen molar-refractivity contribution in [3.8, 4) is 0 Å². The van der Waals surface area contributed by atoms with Gasteiger partial charge in [-0.1, -0.05) is 19.8 Å². The minimum atomic E-state index is -3.32. The van der Waals surface area contributed by atoms with Crippen LogP contribution in [0.2, 0.25) is 0 Å². The standard InChI is InChI=1S/C13H27ClN2O2S/c1-3-6-13(8-9-14)11-15-19(17,18)16-10-5-4-7-12(16)2/h12-13,15H,3-11H2,1-2H3. The molecule has 1 saturated heterocycles. The van der Waals surface area contributed by atoms with Gasteiger partial charge >= 0.3 is 0 Å². The third-order valence-corrected chi connectivity index (χ3v) is 5.73. The van der Waals surface area contributed by atoms with Gasteiger partial charge in [-0.15, -0.1) is 11.6 Å². The van der Waals surface area contributed by atoms with Crippen molar-refractivity contribution >= 4 is 21.8 Å². The summed E-state index contributed by atoms with van der Waals surface area (Å²) in [4.78, 5) is 0. The van der Waals surface area contributed by atoms with Crippen LogP contribution in [0.15, 0.2) is 0 Å². The van der Waals surface area contributed by atoms with Gasteiger partial charge in [-0.25, -0.2) is 4.72 Å². The number of nitrogens with zero attached hydrogens (tertiary/aromatic N) is 1. The van der Waals surface area contributed by atoms with Gasteiger partial charge in [0.2, 0.25) is 0 Å². The second kappa shape index (κ2) is 8.45. The maximum absolute atomic E-state index is 12.3. The Morgan fingerprint density at radius 1 is 1.37 bits per heavy atom. The Bertz CT molecular complexity index is 343. The van der Waals surface area contributed by atoms with Crippen LogP contribution in [0.25, 0.3) is 0 Å². The molecule has 1 heterocycles. The Kier molecular flexibility index (Phi) is 7.65. The van der Waals surface area contributed by atoms with E-state index in [1.807, 2.05) is 6.92 Å². The molecule has 19 heavy (non-hydrogen) atoms. The molecular formula is C13H27ClN2O2S. The molecule has 1 aliphatic heterocycles. The third-order valence-electron chi connectivity index (χ3n) is 3.82. The molecule has 1 fully saturated rings. The summed E-state index contributed by atoms with van der Waals surface area (Å²) < 4.78 is 29.0. The van der Waals surface area contributed by atoms with Gasteiger partial charge in [-0.2, -0.15) is 12.7 Å². The molecule has 4 nitrogen and oxygen atoms in total. The molecule has 0 aromatic carbocycles. The van der Waals surface area contributed by atoms with Crippen molar-refractivity contribution < 1.29 is 8.42 Å². The highest BCUT2D eigenvalue weighted by Gasteiger charge is 2.29. The Labute approximate surface area is 123 Å². The van der Waals surface area contributed by atoms with Gasteiger partial charge in [0.05, 0.1) is 0 Å². The van der Waals surface area contributed by atoms with E-state index in [9.17, 15) is 8.42 Å². The second-order valence-corrected chi connectivity index (χ2v) is 7.53. The van der Waals surface area contributed by atoms with Crippen LogP contribution in [0, 0.1) is 5.92 Å². The molecule has 0 aromatic rings. The van der Waals surface area contributed by atoms with Crippen LogP contribution >= 0.6 is 11.6 Å². The first-order valence-electron chi connectivity index (χ1n) is 7.33. The fraction of sp³-hybridized carbons (Fsp3) is 1.00. The van der Waals surface area contributed by atoms with E-state index in [1.165, 1.54) is 0 Å². The first-order valence-corrected chi connectivity index (χ1v) is 9.31. The van der Waals surface area contributed by atoms with Crippen LogP contribution in [-0.2, 0) is 10.2 Å². The van der Waals surface area contributed by atoms with Gasteiger partial charge in [0.1, 0.15) is 0 Å². The number of nitrogens with one attached hydrogen (secondary N) is 1. The van der Waals surface area contributed by atoms with Crippen molar-refractivity contribution in [2.75, 3.05) is 19.0 Å². The van der Waals surface area contributed by atoms with Crippen molar-refractivity contribution in [3.63, 3.8) is 0 Å². The summed E-state index contributed by atoms with van der Waals surface area (Å²) >= 11 is 5.77. The molecule has 2 atom stereocenters. The summed E-state index contributed by atoms with van der Waals surface area (Å²) in [6.07, 6.45) is 5.99. The predicted molar refractivity (Wildman–Crippen MR) is 80.7 cm³/mol. The molecule has 0 saturated carbocycles. The lowest BCUT2D eigenvalue weighted by atomic mass is 10.0. The lowest BCUT2D eigenvalue weighted by molar-refractivity contribution is 0.264. The largest absolute Gasteiger partial charge is 0.279 e. The molecule has 2 unspecified atom stereocenters. The predicted octanol–water partition coefficient (Wildman–Crippen LogP) is 2.74. The number of rotatable bonds is 8. The SMILES string of the molecule is CCCC(CCCl)CNS(=O)(=O)N1CCCCC1C. The highest BCUT2D eigenvalue weighted by molar-refractivity contribution is 7.87. The molecule has 6 heteroatoms. The van der Waals surface area contributed by atoms with E-state index in [4.69, 9.17) is 11.6 Å². The number of hydrogen-bond acceptors (Lipinski definition) is 2. The monoisotopic (exact) mass is 310 g/mol. The van der Waals surface area contributed by atoms with E-state index < -0.39 is 10.2 Å². The Balaban J connectivity index is 2.53. The zero-order valence-electron chi connectivity index (χ0n) is 12.1. The maximum atomic E-state index is 12.3. The van der Waals surface area contributed by atoms with Gasteiger partial charge in [0, 0.05) is 25.0 Å². The highest BCUT2D eigenvalue weighted by Crippen LogP contribution is 2.19. The maximum Gasteiger partial charge on any atom is 0.279 e. The summed E-state index contributed by atoms with van der Waals surface area (Å²) in [6, 6.07) is 0.115. The Morgan fingerprint density at radius 3 is 2.68 bits per heavy atom. The van der Waals surface area contributed by atoms with Crippen molar-refractivity contribution in [2.45, 2.75) is 58.4 Å². The van der Waals surface area contributed by atoms with Crippen molar-refractivity contribution in [1.82, 2.24) is 9.03 Å². The van der Waals surface area contributed by atoms with Gasteiger partial charge < -0.3 is 0 Å². The molecule has 0 amide bonds. The van der Waals surface area contributed by atoms with E-state index in [0.717, 1.165) is 38.5 Å². The molecular weight excluding hydrogens is 284 g/mol. The topological polar surface area (TPSA) is 49.4 Å². The molecule has 0 spiro atoms. The second-order valence-electron chi connectivity index (χ2n) is 5.44. The Hall–Kier alpha value is 0.160. The fourth-order valence-electron chi connectivity index (χ4n) is 2.65. The van der Waals surface area contributed by atoms with Crippen LogP contribution in [0.5, 0.6) is 0 Å². The fourth-order valence-corrected chi connectivity index (χ4v) is 4.52. The van der Waals surface area contributed by atoms with Crippen LogP contribution in [-0.4, -0.2) is 37.7 Å². The minimum absolute atomic E-state index is 0.115. The molecule has 1 N–H and O–H groups in total. The molecule has 114 valence electrons. The van der Waals surface area contributed by atoms with Crippen LogP contribution in [0.4, 0.5) is 0 Å². The Morgan fingerprint density at radius 2 is 2.11 bits per heavy atom. The number of hydrogen-bond donors (Lipinski definition) is 1. The molecule has 1 aliphatic rings. The van der Waals surface area contributed by atoms with Crippen LogP contribution in [0.1, 0.15) is 52.4 Å². The first-order chi connectivity index (χ1) is 9.01. The van der Waals surface area contributed by atoms with Crippen molar-refractivity contribution in [2.24, 2.45) is 5.92 Å². The van der Waals surface area contributed by atoms with E-state index in [1.54, 1.807) is 4.31 Å². The lowest BCUT2D eigenvalue weighted by Gasteiger charge is -2.32. The minimum Gasteiger partial charge on any atom is -0.202 e. The zero-order chi connectivity index (χ0) is 14.3. The first kappa shape index (κ1) is 17.2. The highest BCUT2D eigenvalue weighted by atomic mass is 35.5. The van der Waals surface area contributed by atoms with E-state index >= 15 is 0 Å². The van der Waals surface area contributed by atoms with Gasteiger partial charge in [0.15, 0.2) is 0 Å². The summed E-state index contributed by atoms with van der Waals surface area (Å²) in [6.45, 7) is 5.25. The van der Waals surface area contributed by atoms with Crippen molar-refractivity contribution in [1.29, 1.82) is 0 Å². The molecule has 1 rings (SSSR count). The van der Waals surface area contributed by atoms with E-state index in [2.05, 4.69) is 11.6 Å². The number of piperidine rings is 1. The molecule has 0 aliphatic carbocycles. The summed E-state index contributed by atoms with van der Waals surface area (Å²) in [5, 5.41) is 0. The average molecular weight is 311 g/mol. The lowest BCUT2D eigenvalue weighted by Crippen LogP contribution is -2.48. The van der Waals surface area contributed by atoms with Crippen LogP contribution < -0.4 is 4.72 Å². The molecule has 0 bridgehead atoms. The van der Waals surface area contributed by atoms with Crippen LogP contribution in [0.3, 0.4) is 0 Å². The third kappa shape index (κ3) is 5.58. The smallest absolute Gasteiger partial charge is 0.202 e. The zero-order valence-corrected chi connectivity index (χ0v) is 13.6. The summed E-state index contributed by atoms with van der Waals surface area (Å²) in [5.74, 6) is 0.935. The normalized spacial score (nSPS) is 23.4. The molecule has 0 radical (unpaired) electrons. The van der Waals surface area contributed by atoms with Gasteiger partial charge in [-0.3, -0.25) is 0 Å². The van der Waals surface area contributed by atoms with Gasteiger partial charge in [0.25, 0.3) is 10.2 Å². The van der Waals surface area contributed by atoms with Crippen molar-refractivity contribution in [3.05, 3.63) is 0 Å². The average Bonchev–Trinajstić information content (AvgIpc) is 2.37.